The second kappa shape index (κ2) is 8.54. The van der Waals surface area contributed by atoms with E-state index in [0.29, 0.717) is 0 Å². The van der Waals surface area contributed by atoms with Crippen LogP contribution in [0, 0.1) is 5.92 Å². The number of methoxy groups -OCH3 is 1. The van der Waals surface area contributed by atoms with Gasteiger partial charge in [0.1, 0.15) is 5.75 Å². The quantitative estimate of drug-likeness (QED) is 0.872. The molecule has 0 aliphatic carbocycles. The van der Waals surface area contributed by atoms with Gasteiger partial charge in [0.25, 0.3) is 0 Å². The summed E-state index contributed by atoms with van der Waals surface area (Å²) in [5.74, 6) is 0.839. The Morgan fingerprint density at radius 3 is 2.62 bits per heavy atom. The largest absolute Gasteiger partial charge is 0.497 e. The zero-order valence-electron chi connectivity index (χ0n) is 15.5. The van der Waals surface area contributed by atoms with Crippen molar-refractivity contribution in [1.29, 1.82) is 0 Å². The summed E-state index contributed by atoms with van der Waals surface area (Å²) in [5, 5.41) is 0. The zero-order chi connectivity index (χ0) is 18.5. The average Bonchev–Trinajstić information content (AvgIpc) is 2.67. The number of likely N-dealkylation sites (tertiary alicyclic amines) is 2. The summed E-state index contributed by atoms with van der Waals surface area (Å²) in [4.78, 5) is 28.4. The van der Waals surface area contributed by atoms with Gasteiger partial charge in [0.05, 0.1) is 19.7 Å². The van der Waals surface area contributed by atoms with Crippen molar-refractivity contribution in [1.82, 2.24) is 9.80 Å². The Balaban J connectivity index is 1.67. The van der Waals surface area contributed by atoms with Crippen LogP contribution >= 0.6 is 0 Å². The lowest BCUT2D eigenvalue weighted by Gasteiger charge is -2.40. The maximum absolute atomic E-state index is 13.2. The van der Waals surface area contributed by atoms with E-state index in [1.165, 1.54) is 0 Å². The Morgan fingerprint density at radius 2 is 1.92 bits per heavy atom. The van der Waals surface area contributed by atoms with Gasteiger partial charge in [0, 0.05) is 12.5 Å². The van der Waals surface area contributed by atoms with Crippen LogP contribution in [0.25, 0.3) is 0 Å². The van der Waals surface area contributed by atoms with E-state index in [4.69, 9.17) is 10.5 Å². The molecule has 2 heterocycles. The van der Waals surface area contributed by atoms with Gasteiger partial charge in [-0.05, 0) is 62.9 Å². The van der Waals surface area contributed by atoms with E-state index in [2.05, 4.69) is 11.0 Å². The third kappa shape index (κ3) is 4.36. The lowest BCUT2D eigenvalue weighted by atomic mass is 9.90. The number of carbonyl (C=O) groups is 2. The van der Waals surface area contributed by atoms with Gasteiger partial charge in [-0.1, -0.05) is 12.1 Å². The molecular weight excluding hydrogens is 330 g/mol. The topological polar surface area (TPSA) is 75.9 Å². The average molecular weight is 359 g/mol. The van der Waals surface area contributed by atoms with Gasteiger partial charge in [-0.2, -0.15) is 0 Å². The van der Waals surface area contributed by atoms with Crippen LogP contribution in [-0.2, 0) is 9.59 Å². The molecule has 6 nitrogen and oxygen atoms in total. The molecule has 2 aliphatic rings. The lowest BCUT2D eigenvalue weighted by Crippen LogP contribution is -2.46. The molecule has 0 bridgehead atoms. The molecule has 0 saturated carbocycles. The molecule has 2 amide bonds. The number of rotatable bonds is 5. The third-order valence-corrected chi connectivity index (χ3v) is 5.58. The summed E-state index contributed by atoms with van der Waals surface area (Å²) in [6.07, 6.45) is 4.80. The van der Waals surface area contributed by atoms with Crippen molar-refractivity contribution >= 4 is 11.8 Å². The Morgan fingerprint density at radius 1 is 1.15 bits per heavy atom. The molecule has 1 aromatic rings. The van der Waals surface area contributed by atoms with Crippen molar-refractivity contribution in [3.63, 3.8) is 0 Å². The molecule has 3 rings (SSSR count). The molecule has 0 aromatic heterocycles. The number of amides is 2. The Labute approximate surface area is 155 Å². The van der Waals surface area contributed by atoms with Crippen molar-refractivity contribution in [3.05, 3.63) is 29.8 Å². The summed E-state index contributed by atoms with van der Waals surface area (Å²) in [7, 11) is 1.67. The van der Waals surface area contributed by atoms with Crippen LogP contribution in [0.15, 0.2) is 24.3 Å². The van der Waals surface area contributed by atoms with Gasteiger partial charge in [-0.3, -0.25) is 14.5 Å². The van der Waals surface area contributed by atoms with Gasteiger partial charge in [0.2, 0.25) is 11.8 Å². The number of carbonyl (C=O) groups excluding carboxylic acids is 2. The standard InChI is InChI=1S/C20H29N3O3/c1-26-17-6-4-5-16(13-17)18-7-2-3-10-23(18)20(25)15-8-11-22(12-9-15)14-19(21)24/h4-6,13,15,18H,2-3,7-12,14H2,1H3,(H2,21,24)/t18-/m0/s1. The fourth-order valence-corrected chi connectivity index (χ4v) is 4.18. The minimum atomic E-state index is -0.302. The van der Waals surface area contributed by atoms with E-state index < -0.39 is 0 Å². The monoisotopic (exact) mass is 359 g/mol. The zero-order valence-corrected chi connectivity index (χ0v) is 15.5. The fraction of sp³-hybridized carbons (Fsp3) is 0.600. The predicted molar refractivity (Wildman–Crippen MR) is 99.7 cm³/mol. The minimum Gasteiger partial charge on any atom is -0.497 e. The molecule has 6 heteroatoms. The van der Waals surface area contributed by atoms with Crippen molar-refractivity contribution in [2.24, 2.45) is 11.7 Å². The number of nitrogens with two attached hydrogens (primary N) is 1. The molecule has 1 aromatic carbocycles. The highest BCUT2D eigenvalue weighted by atomic mass is 16.5. The Hall–Kier alpha value is -2.08. The molecule has 142 valence electrons. The summed E-state index contributed by atoms with van der Waals surface area (Å²) >= 11 is 0. The first kappa shape index (κ1) is 18.7. The van der Waals surface area contributed by atoms with Crippen LogP contribution in [0.5, 0.6) is 5.75 Å². The predicted octanol–water partition coefficient (Wildman–Crippen LogP) is 1.95. The van der Waals surface area contributed by atoms with E-state index in [1.54, 1.807) is 7.11 Å². The number of benzene rings is 1. The Kier molecular flexibility index (Phi) is 6.14. The second-order valence-electron chi connectivity index (χ2n) is 7.34. The van der Waals surface area contributed by atoms with Gasteiger partial charge in [-0.15, -0.1) is 0 Å². The summed E-state index contributed by atoms with van der Waals surface area (Å²) in [6, 6.07) is 8.20. The maximum atomic E-state index is 13.2. The van der Waals surface area contributed by atoms with Crippen LogP contribution < -0.4 is 10.5 Å². The molecule has 1 atom stereocenters. The summed E-state index contributed by atoms with van der Waals surface area (Å²) < 4.78 is 5.35. The van der Waals surface area contributed by atoms with Crippen LogP contribution in [0.3, 0.4) is 0 Å². The molecule has 26 heavy (non-hydrogen) atoms. The molecular formula is C20H29N3O3. The molecule has 2 aliphatic heterocycles. The number of hydrogen-bond acceptors (Lipinski definition) is 4. The highest BCUT2D eigenvalue weighted by Crippen LogP contribution is 2.34. The first-order valence-corrected chi connectivity index (χ1v) is 9.53. The minimum absolute atomic E-state index is 0.0466. The number of primary amides is 1. The molecule has 0 unspecified atom stereocenters. The summed E-state index contributed by atoms with van der Waals surface area (Å²) in [6.45, 7) is 2.63. The van der Waals surface area contributed by atoms with Gasteiger partial charge in [-0.25, -0.2) is 0 Å². The highest BCUT2D eigenvalue weighted by Gasteiger charge is 2.34. The maximum Gasteiger partial charge on any atom is 0.231 e. The van der Waals surface area contributed by atoms with Crippen molar-refractivity contribution < 1.29 is 14.3 Å². The first-order valence-electron chi connectivity index (χ1n) is 9.53. The van der Waals surface area contributed by atoms with Gasteiger partial charge >= 0.3 is 0 Å². The highest BCUT2D eigenvalue weighted by molar-refractivity contribution is 5.80. The summed E-state index contributed by atoms with van der Waals surface area (Å²) in [5.41, 5.74) is 6.43. The number of hydrogen-bond donors (Lipinski definition) is 1. The van der Waals surface area contributed by atoms with Crippen LogP contribution in [-0.4, -0.2) is 54.9 Å². The molecule has 0 spiro atoms. The van der Waals surface area contributed by atoms with E-state index in [0.717, 1.165) is 63.1 Å². The van der Waals surface area contributed by atoms with Crippen LogP contribution in [0.4, 0.5) is 0 Å². The molecule has 2 N–H and O–H groups in total. The van der Waals surface area contributed by atoms with Crippen LogP contribution in [0.2, 0.25) is 0 Å². The van der Waals surface area contributed by atoms with Crippen molar-refractivity contribution in [2.75, 3.05) is 33.3 Å². The van der Waals surface area contributed by atoms with Crippen molar-refractivity contribution in [3.8, 4) is 5.75 Å². The van der Waals surface area contributed by atoms with E-state index in [1.807, 2.05) is 23.1 Å². The smallest absolute Gasteiger partial charge is 0.231 e. The number of piperidine rings is 2. The molecule has 2 fully saturated rings. The number of ether oxygens (including phenoxy) is 1. The van der Waals surface area contributed by atoms with Gasteiger partial charge < -0.3 is 15.4 Å². The first-order chi connectivity index (χ1) is 12.6. The normalized spacial score (nSPS) is 22.2. The van der Waals surface area contributed by atoms with Crippen LogP contribution in [0.1, 0.15) is 43.7 Å². The van der Waals surface area contributed by atoms with Crippen molar-refractivity contribution in [2.45, 2.75) is 38.1 Å². The SMILES string of the molecule is COc1cccc([C@@H]2CCCCN2C(=O)C2CCN(CC(N)=O)CC2)c1. The van der Waals surface area contributed by atoms with E-state index >= 15 is 0 Å². The Bertz CT molecular complexity index is 641. The van der Waals surface area contributed by atoms with Gasteiger partial charge in [0.15, 0.2) is 0 Å². The third-order valence-electron chi connectivity index (χ3n) is 5.58. The molecule has 0 radical (unpaired) electrons. The number of nitrogens with zero attached hydrogens (tertiary/aromatic N) is 2. The van der Waals surface area contributed by atoms with E-state index in [-0.39, 0.29) is 30.3 Å². The fourth-order valence-electron chi connectivity index (χ4n) is 4.18. The molecule has 2 saturated heterocycles. The lowest BCUT2D eigenvalue weighted by molar-refractivity contribution is -0.141. The second-order valence-corrected chi connectivity index (χ2v) is 7.34. The van der Waals surface area contributed by atoms with E-state index in [9.17, 15) is 9.59 Å².